The molecule has 0 radical (unpaired) electrons. The number of carboxylic acid groups (broad SMARTS) is 1. The van der Waals surface area contributed by atoms with Gasteiger partial charge in [-0.2, -0.15) is 0 Å². The molecule has 0 aliphatic heterocycles. The fraction of sp³-hybridized carbons (Fsp3) is 0.529. The standard InChI is InChI=1S/C17H22ClNO5S/c1-3-17(15(21)22,12-4-6-13(18)7-5-12)19-14(20)10-16(8-9-16)11-25(2,23)24/h4-7H,3,8-11H2,1-2H3,(H,19,20)(H,21,22). The summed E-state index contributed by atoms with van der Waals surface area (Å²) in [7, 11) is -3.20. The molecule has 25 heavy (non-hydrogen) atoms. The van der Waals surface area contributed by atoms with Gasteiger partial charge in [0.1, 0.15) is 9.84 Å². The summed E-state index contributed by atoms with van der Waals surface area (Å²) >= 11 is 5.86. The van der Waals surface area contributed by atoms with E-state index in [2.05, 4.69) is 5.32 Å². The molecule has 1 amide bonds. The van der Waals surface area contributed by atoms with Crippen molar-refractivity contribution >= 4 is 33.3 Å². The van der Waals surface area contributed by atoms with Gasteiger partial charge in [-0.25, -0.2) is 13.2 Å². The number of nitrogens with one attached hydrogen (secondary N) is 1. The second-order valence-corrected chi connectivity index (χ2v) is 9.44. The highest BCUT2D eigenvalue weighted by molar-refractivity contribution is 7.90. The topological polar surface area (TPSA) is 101 Å². The number of benzene rings is 1. The molecule has 1 aromatic rings. The van der Waals surface area contributed by atoms with E-state index in [1.165, 1.54) is 0 Å². The van der Waals surface area contributed by atoms with Crippen LogP contribution >= 0.6 is 11.6 Å². The maximum Gasteiger partial charge on any atom is 0.334 e. The monoisotopic (exact) mass is 387 g/mol. The number of carboxylic acids is 1. The Bertz CT molecular complexity index is 771. The van der Waals surface area contributed by atoms with Crippen LogP contribution in [0.3, 0.4) is 0 Å². The van der Waals surface area contributed by atoms with Gasteiger partial charge in [-0.1, -0.05) is 30.7 Å². The van der Waals surface area contributed by atoms with Crippen LogP contribution in [-0.2, 0) is 25.0 Å². The Balaban J connectivity index is 2.21. The molecule has 0 bridgehead atoms. The lowest BCUT2D eigenvalue weighted by atomic mass is 9.86. The highest BCUT2D eigenvalue weighted by Gasteiger charge is 2.48. The first-order valence-corrected chi connectivity index (χ1v) is 10.4. The lowest BCUT2D eigenvalue weighted by Gasteiger charge is -2.30. The molecule has 1 aliphatic carbocycles. The van der Waals surface area contributed by atoms with E-state index in [1.54, 1.807) is 31.2 Å². The predicted molar refractivity (Wildman–Crippen MR) is 95.2 cm³/mol. The lowest BCUT2D eigenvalue weighted by Crippen LogP contribution is -2.52. The zero-order chi connectivity index (χ0) is 18.9. The van der Waals surface area contributed by atoms with E-state index in [1.807, 2.05) is 0 Å². The average molecular weight is 388 g/mol. The summed E-state index contributed by atoms with van der Waals surface area (Å²) in [4.78, 5) is 24.4. The maximum atomic E-state index is 12.5. The summed E-state index contributed by atoms with van der Waals surface area (Å²) in [6.07, 6.45) is 2.60. The molecule has 2 rings (SSSR count). The van der Waals surface area contributed by atoms with Crippen molar-refractivity contribution in [3.63, 3.8) is 0 Å². The molecule has 138 valence electrons. The first-order valence-electron chi connectivity index (χ1n) is 8.00. The molecule has 0 aromatic heterocycles. The van der Waals surface area contributed by atoms with Crippen molar-refractivity contribution in [1.29, 1.82) is 0 Å². The van der Waals surface area contributed by atoms with Crippen molar-refractivity contribution in [3.8, 4) is 0 Å². The van der Waals surface area contributed by atoms with Gasteiger partial charge in [0, 0.05) is 17.7 Å². The van der Waals surface area contributed by atoms with Gasteiger partial charge in [0.05, 0.1) is 5.75 Å². The number of hydrogen-bond acceptors (Lipinski definition) is 4. The van der Waals surface area contributed by atoms with Gasteiger partial charge in [-0.3, -0.25) is 4.79 Å². The summed E-state index contributed by atoms with van der Waals surface area (Å²) < 4.78 is 23.1. The number of carbonyl (C=O) groups excluding carboxylic acids is 1. The molecule has 0 saturated heterocycles. The number of amides is 1. The Morgan fingerprint density at radius 3 is 2.24 bits per heavy atom. The van der Waals surface area contributed by atoms with Crippen LogP contribution in [0.5, 0.6) is 0 Å². The Hall–Kier alpha value is -1.60. The Morgan fingerprint density at radius 1 is 1.28 bits per heavy atom. The van der Waals surface area contributed by atoms with Crippen molar-refractivity contribution in [2.24, 2.45) is 5.41 Å². The average Bonchev–Trinajstić information content (AvgIpc) is 3.22. The third-order valence-electron chi connectivity index (χ3n) is 4.65. The van der Waals surface area contributed by atoms with Crippen molar-refractivity contribution in [2.45, 2.75) is 38.1 Å². The summed E-state index contributed by atoms with van der Waals surface area (Å²) in [6, 6.07) is 6.29. The molecule has 1 saturated carbocycles. The smallest absolute Gasteiger partial charge is 0.334 e. The zero-order valence-corrected chi connectivity index (χ0v) is 15.8. The van der Waals surface area contributed by atoms with Crippen LogP contribution in [-0.4, -0.2) is 37.4 Å². The first kappa shape index (κ1) is 19.7. The normalized spacial score (nSPS) is 18.2. The molecule has 1 atom stereocenters. The molecule has 0 spiro atoms. The van der Waals surface area contributed by atoms with Gasteiger partial charge in [0.2, 0.25) is 5.91 Å². The fourth-order valence-electron chi connectivity index (χ4n) is 3.16. The van der Waals surface area contributed by atoms with Crippen LogP contribution < -0.4 is 5.32 Å². The Labute approximate surface area is 152 Å². The molecule has 1 aliphatic rings. The lowest BCUT2D eigenvalue weighted by molar-refractivity contribution is -0.148. The highest BCUT2D eigenvalue weighted by atomic mass is 35.5. The number of hydrogen-bond donors (Lipinski definition) is 2. The van der Waals surface area contributed by atoms with Gasteiger partial charge in [-0.05, 0) is 42.4 Å². The van der Waals surface area contributed by atoms with Crippen molar-refractivity contribution in [1.82, 2.24) is 5.32 Å². The van der Waals surface area contributed by atoms with Crippen LogP contribution in [0.15, 0.2) is 24.3 Å². The summed E-state index contributed by atoms with van der Waals surface area (Å²) in [5.74, 6) is -1.68. The van der Waals surface area contributed by atoms with E-state index in [9.17, 15) is 23.1 Å². The largest absolute Gasteiger partial charge is 0.479 e. The van der Waals surface area contributed by atoms with E-state index < -0.39 is 32.7 Å². The molecule has 0 heterocycles. The van der Waals surface area contributed by atoms with Crippen LogP contribution in [0.1, 0.15) is 38.2 Å². The van der Waals surface area contributed by atoms with Crippen molar-refractivity contribution in [2.75, 3.05) is 12.0 Å². The number of halogens is 1. The van der Waals surface area contributed by atoms with E-state index >= 15 is 0 Å². The zero-order valence-electron chi connectivity index (χ0n) is 14.2. The SMILES string of the molecule is CCC(NC(=O)CC1(CS(C)(=O)=O)CC1)(C(=O)O)c1ccc(Cl)cc1. The van der Waals surface area contributed by atoms with Gasteiger partial charge in [0.15, 0.2) is 5.54 Å². The van der Waals surface area contributed by atoms with Gasteiger partial charge in [0.25, 0.3) is 0 Å². The number of sulfone groups is 1. The molecular formula is C17H22ClNO5S. The Morgan fingerprint density at radius 2 is 1.84 bits per heavy atom. The summed E-state index contributed by atoms with van der Waals surface area (Å²) in [5.41, 5.74) is -1.70. The third-order valence-corrected chi connectivity index (χ3v) is 6.04. The van der Waals surface area contributed by atoms with E-state index in [0.29, 0.717) is 23.4 Å². The van der Waals surface area contributed by atoms with Crippen molar-refractivity contribution in [3.05, 3.63) is 34.9 Å². The minimum absolute atomic E-state index is 0.00267. The van der Waals surface area contributed by atoms with E-state index in [4.69, 9.17) is 11.6 Å². The van der Waals surface area contributed by atoms with Gasteiger partial charge in [-0.15, -0.1) is 0 Å². The van der Waals surface area contributed by atoms with Gasteiger partial charge >= 0.3 is 5.97 Å². The molecular weight excluding hydrogens is 366 g/mol. The molecule has 1 aromatic carbocycles. The highest BCUT2D eigenvalue weighted by Crippen LogP contribution is 2.50. The molecule has 1 unspecified atom stereocenters. The third kappa shape index (κ3) is 4.73. The predicted octanol–water partition coefficient (Wildman–Crippen LogP) is 2.36. The van der Waals surface area contributed by atoms with E-state index in [0.717, 1.165) is 6.26 Å². The summed E-state index contributed by atoms with van der Waals surface area (Å²) in [6.45, 7) is 1.67. The maximum absolute atomic E-state index is 12.5. The minimum atomic E-state index is -3.20. The fourth-order valence-corrected chi connectivity index (χ4v) is 4.78. The van der Waals surface area contributed by atoms with Crippen molar-refractivity contribution < 1.29 is 23.1 Å². The van der Waals surface area contributed by atoms with Crippen LogP contribution in [0.2, 0.25) is 5.02 Å². The first-order chi connectivity index (χ1) is 11.5. The van der Waals surface area contributed by atoms with Crippen LogP contribution in [0.4, 0.5) is 0 Å². The number of aliphatic carboxylic acids is 1. The van der Waals surface area contributed by atoms with Gasteiger partial charge < -0.3 is 10.4 Å². The molecule has 1 fully saturated rings. The molecule has 8 heteroatoms. The Kier molecular flexibility index (Phi) is 5.49. The molecule has 6 nitrogen and oxygen atoms in total. The number of carbonyl (C=O) groups is 2. The quantitative estimate of drug-likeness (QED) is 0.713. The second kappa shape index (κ2) is 6.96. The minimum Gasteiger partial charge on any atom is -0.479 e. The van der Waals surface area contributed by atoms with Crippen LogP contribution in [0.25, 0.3) is 0 Å². The van der Waals surface area contributed by atoms with Crippen LogP contribution in [0, 0.1) is 5.41 Å². The summed E-state index contributed by atoms with van der Waals surface area (Å²) in [5, 5.41) is 12.8. The van der Waals surface area contributed by atoms with E-state index in [-0.39, 0.29) is 18.6 Å². The molecule has 2 N–H and O–H groups in total. The number of rotatable bonds is 8. The second-order valence-electron chi connectivity index (χ2n) is 6.87.